The fourth-order valence-electron chi connectivity index (χ4n) is 3.34. The van der Waals surface area contributed by atoms with E-state index in [0.29, 0.717) is 23.0 Å². The van der Waals surface area contributed by atoms with E-state index < -0.39 is 11.8 Å². The van der Waals surface area contributed by atoms with Crippen molar-refractivity contribution in [2.75, 3.05) is 5.32 Å². The summed E-state index contributed by atoms with van der Waals surface area (Å²) in [4.78, 5) is 24.6. The molecular formula is C24H18N8O3. The lowest BCUT2D eigenvalue weighted by Gasteiger charge is -2.11. The Morgan fingerprint density at radius 2 is 1.77 bits per heavy atom. The lowest BCUT2D eigenvalue weighted by atomic mass is 10.2. The Balaban J connectivity index is 1.44. The molecule has 11 heteroatoms. The van der Waals surface area contributed by atoms with Crippen LogP contribution in [0.3, 0.4) is 0 Å². The molecule has 2 aromatic carbocycles. The van der Waals surface area contributed by atoms with Crippen LogP contribution in [0.5, 0.6) is 0 Å². The number of amides is 2. The second-order valence-corrected chi connectivity index (χ2v) is 7.34. The van der Waals surface area contributed by atoms with Crippen molar-refractivity contribution in [3.8, 4) is 17.1 Å². The average Bonchev–Trinajstić information content (AvgIpc) is 3.65. The summed E-state index contributed by atoms with van der Waals surface area (Å²) in [5, 5.41) is 18.9. The van der Waals surface area contributed by atoms with Crippen LogP contribution in [-0.4, -0.2) is 41.8 Å². The van der Waals surface area contributed by atoms with E-state index in [1.807, 2.05) is 30.3 Å². The average molecular weight is 466 g/mol. The number of hydrogen-bond donors (Lipinski definition) is 2. The topological polar surface area (TPSA) is 147 Å². The van der Waals surface area contributed by atoms with Crippen molar-refractivity contribution < 1.29 is 14.0 Å². The van der Waals surface area contributed by atoms with E-state index in [1.165, 1.54) is 21.7 Å². The van der Waals surface area contributed by atoms with Gasteiger partial charge in [-0.2, -0.15) is 9.78 Å². The molecule has 2 amide bonds. The minimum Gasteiger partial charge on any atom is -0.465 e. The maximum absolute atomic E-state index is 13.3. The molecule has 3 N–H and O–H groups in total. The summed E-state index contributed by atoms with van der Waals surface area (Å²) in [6, 6.07) is 21.2. The summed E-state index contributed by atoms with van der Waals surface area (Å²) in [5.74, 6) is -0.198. The lowest BCUT2D eigenvalue weighted by molar-refractivity contribution is -0.111. The molecule has 0 unspecified atom stereocenters. The van der Waals surface area contributed by atoms with Crippen molar-refractivity contribution in [1.82, 2.24) is 30.0 Å². The Kier molecular flexibility index (Phi) is 5.70. The normalized spacial score (nSPS) is 11.4. The van der Waals surface area contributed by atoms with Crippen LogP contribution in [0.1, 0.15) is 16.2 Å². The molecule has 3 heterocycles. The molecule has 0 aliphatic rings. The van der Waals surface area contributed by atoms with Gasteiger partial charge in [-0.15, -0.1) is 5.10 Å². The van der Waals surface area contributed by atoms with E-state index in [0.717, 1.165) is 5.56 Å². The number of rotatable bonds is 7. The molecule has 172 valence electrons. The van der Waals surface area contributed by atoms with E-state index in [-0.39, 0.29) is 11.4 Å². The molecule has 0 fully saturated rings. The van der Waals surface area contributed by atoms with Crippen LogP contribution >= 0.6 is 0 Å². The number of furan rings is 1. The Labute approximate surface area is 198 Å². The zero-order valence-electron chi connectivity index (χ0n) is 18.1. The van der Waals surface area contributed by atoms with Gasteiger partial charge in [0, 0.05) is 23.5 Å². The van der Waals surface area contributed by atoms with Crippen molar-refractivity contribution >= 4 is 29.3 Å². The zero-order chi connectivity index (χ0) is 24.2. The van der Waals surface area contributed by atoms with Gasteiger partial charge in [0.1, 0.15) is 17.2 Å². The standard InChI is InChI=1S/C24H18N8O3/c25-22(33)20-12-13-31(28-20)18-10-8-17(9-11-18)26-24(34)21(15-19-7-4-14-35-19)32-23(27-29-30-32)16-5-2-1-3-6-16/h1-15H,(H2,25,33)(H,26,34)/b21-15-. The number of aromatic nitrogens is 6. The van der Waals surface area contributed by atoms with Gasteiger partial charge in [0.25, 0.3) is 11.8 Å². The summed E-state index contributed by atoms with van der Waals surface area (Å²) in [7, 11) is 0. The van der Waals surface area contributed by atoms with Crippen molar-refractivity contribution in [2.45, 2.75) is 0 Å². The van der Waals surface area contributed by atoms with E-state index in [9.17, 15) is 9.59 Å². The van der Waals surface area contributed by atoms with E-state index in [2.05, 4.69) is 25.9 Å². The predicted octanol–water partition coefficient (Wildman–Crippen LogP) is 2.85. The number of carbonyl (C=O) groups excluding carboxylic acids is 2. The Morgan fingerprint density at radius 3 is 2.46 bits per heavy atom. The van der Waals surface area contributed by atoms with Gasteiger partial charge in [0.15, 0.2) is 5.82 Å². The number of tetrazole rings is 1. The third-order valence-corrected chi connectivity index (χ3v) is 5.02. The first-order chi connectivity index (χ1) is 17.1. The minimum atomic E-state index is -0.610. The zero-order valence-corrected chi connectivity index (χ0v) is 18.1. The summed E-state index contributed by atoms with van der Waals surface area (Å²) in [5.41, 5.74) is 7.54. The molecule has 5 rings (SSSR count). The van der Waals surface area contributed by atoms with E-state index in [4.69, 9.17) is 10.2 Å². The number of carbonyl (C=O) groups is 2. The van der Waals surface area contributed by atoms with Gasteiger partial charge in [-0.25, -0.2) is 4.68 Å². The molecular weight excluding hydrogens is 448 g/mol. The first-order valence-electron chi connectivity index (χ1n) is 10.4. The highest BCUT2D eigenvalue weighted by molar-refractivity contribution is 6.24. The smallest absolute Gasteiger partial charge is 0.274 e. The lowest BCUT2D eigenvalue weighted by Crippen LogP contribution is -2.19. The van der Waals surface area contributed by atoms with Crippen LogP contribution < -0.4 is 11.1 Å². The van der Waals surface area contributed by atoms with Gasteiger partial charge in [0.2, 0.25) is 0 Å². The van der Waals surface area contributed by atoms with Crippen LogP contribution in [0.2, 0.25) is 0 Å². The highest BCUT2D eigenvalue weighted by Crippen LogP contribution is 2.22. The Morgan fingerprint density at radius 1 is 0.971 bits per heavy atom. The third kappa shape index (κ3) is 4.59. The fourth-order valence-corrected chi connectivity index (χ4v) is 3.34. The summed E-state index contributed by atoms with van der Waals surface area (Å²) < 4.78 is 8.28. The Hall–Kier alpha value is -5.32. The highest BCUT2D eigenvalue weighted by atomic mass is 16.3. The van der Waals surface area contributed by atoms with Crippen LogP contribution in [-0.2, 0) is 4.79 Å². The number of primary amides is 1. The van der Waals surface area contributed by atoms with Gasteiger partial charge in [-0.05, 0) is 52.9 Å². The summed E-state index contributed by atoms with van der Waals surface area (Å²) >= 11 is 0. The molecule has 0 aliphatic carbocycles. The van der Waals surface area contributed by atoms with Crippen molar-refractivity contribution in [2.24, 2.45) is 5.73 Å². The largest absolute Gasteiger partial charge is 0.465 e. The van der Waals surface area contributed by atoms with Crippen molar-refractivity contribution in [3.63, 3.8) is 0 Å². The van der Waals surface area contributed by atoms with Crippen LogP contribution in [0, 0.1) is 0 Å². The number of benzene rings is 2. The summed E-state index contributed by atoms with van der Waals surface area (Å²) in [6.07, 6.45) is 4.69. The quantitative estimate of drug-likeness (QED) is 0.351. The van der Waals surface area contributed by atoms with Crippen molar-refractivity contribution in [1.29, 1.82) is 0 Å². The fraction of sp³-hybridized carbons (Fsp3) is 0. The molecule has 35 heavy (non-hydrogen) atoms. The molecule has 0 radical (unpaired) electrons. The highest BCUT2D eigenvalue weighted by Gasteiger charge is 2.20. The first-order valence-corrected chi connectivity index (χ1v) is 10.4. The van der Waals surface area contributed by atoms with Crippen LogP contribution in [0.4, 0.5) is 5.69 Å². The number of nitrogens with zero attached hydrogens (tertiary/aromatic N) is 6. The van der Waals surface area contributed by atoms with Gasteiger partial charge < -0.3 is 15.5 Å². The number of anilines is 1. The molecule has 0 saturated heterocycles. The third-order valence-electron chi connectivity index (χ3n) is 5.02. The van der Waals surface area contributed by atoms with E-state index in [1.54, 1.807) is 48.7 Å². The molecule has 0 bridgehead atoms. The van der Waals surface area contributed by atoms with Gasteiger partial charge in [0.05, 0.1) is 12.0 Å². The molecule has 0 aliphatic heterocycles. The molecule has 0 atom stereocenters. The second kappa shape index (κ2) is 9.27. The molecule has 0 spiro atoms. The maximum atomic E-state index is 13.3. The van der Waals surface area contributed by atoms with Crippen LogP contribution in [0.15, 0.2) is 89.7 Å². The maximum Gasteiger partial charge on any atom is 0.274 e. The van der Waals surface area contributed by atoms with Gasteiger partial charge >= 0.3 is 0 Å². The molecule has 3 aromatic heterocycles. The van der Waals surface area contributed by atoms with Gasteiger partial charge in [-0.1, -0.05) is 30.3 Å². The van der Waals surface area contributed by atoms with Gasteiger partial charge in [-0.3, -0.25) is 9.59 Å². The SMILES string of the molecule is NC(=O)c1ccn(-c2ccc(NC(=O)/C(=C/c3ccco3)n3nnnc3-c3ccccc3)cc2)n1. The molecule has 5 aromatic rings. The molecule has 11 nitrogen and oxygen atoms in total. The number of nitrogens with one attached hydrogen (secondary N) is 1. The summed E-state index contributed by atoms with van der Waals surface area (Å²) in [6.45, 7) is 0. The van der Waals surface area contributed by atoms with Crippen molar-refractivity contribution in [3.05, 3.63) is 96.7 Å². The first kappa shape index (κ1) is 21.5. The minimum absolute atomic E-state index is 0.158. The van der Waals surface area contributed by atoms with Crippen LogP contribution in [0.25, 0.3) is 28.8 Å². The second-order valence-electron chi connectivity index (χ2n) is 7.34. The monoisotopic (exact) mass is 466 g/mol. The number of nitrogens with two attached hydrogens (primary N) is 1. The number of hydrogen-bond acceptors (Lipinski definition) is 7. The predicted molar refractivity (Wildman–Crippen MR) is 127 cm³/mol. The Bertz CT molecular complexity index is 1500. The van der Waals surface area contributed by atoms with E-state index >= 15 is 0 Å². The molecule has 0 saturated carbocycles.